The molecule has 142 valence electrons. The summed E-state index contributed by atoms with van der Waals surface area (Å²) in [6.45, 7) is 17.6. The molecule has 0 unspecified atom stereocenters. The lowest BCUT2D eigenvalue weighted by Crippen LogP contribution is -2.33. The third kappa shape index (κ3) is 6.47. The van der Waals surface area contributed by atoms with E-state index in [0.29, 0.717) is 6.42 Å². The van der Waals surface area contributed by atoms with E-state index in [2.05, 4.69) is 71.4 Å². The van der Waals surface area contributed by atoms with Crippen molar-refractivity contribution in [3.8, 4) is 22.9 Å². The Kier molecular flexibility index (Phi) is 10.7. The van der Waals surface area contributed by atoms with Gasteiger partial charge in [-0.05, 0) is 49.6 Å². The largest absolute Gasteiger partial charge is 0.297 e. The van der Waals surface area contributed by atoms with Gasteiger partial charge >= 0.3 is 0 Å². The molecule has 0 spiro atoms. The van der Waals surface area contributed by atoms with Crippen LogP contribution in [0.25, 0.3) is 0 Å². The number of hydrogen-bond donors (Lipinski definition) is 0. The number of rotatable bonds is 9. The van der Waals surface area contributed by atoms with E-state index < -0.39 is 21.6 Å². The standard InChI is InChI=1S/C22H40OSi2/c1-9-16-21(23)22(8,17-19-24(10-2,11-3)12-4)18-20-25(13-5,14-6)15-7/h9-16H2,1-8H3. The minimum atomic E-state index is -1.57. The Bertz CT molecular complexity index is 479. The molecule has 0 aliphatic rings. The summed E-state index contributed by atoms with van der Waals surface area (Å²) >= 11 is 0. The normalized spacial score (nSPS) is 12.0. The molecule has 0 aromatic heterocycles. The van der Waals surface area contributed by atoms with E-state index in [-0.39, 0.29) is 5.78 Å². The predicted octanol–water partition coefficient (Wildman–Crippen LogP) is 6.46. The maximum absolute atomic E-state index is 12.9. The first kappa shape index (κ1) is 24.2. The second-order valence-electron chi connectivity index (χ2n) is 7.48. The fraction of sp³-hybridized carbons (Fsp3) is 0.773. The molecule has 0 aliphatic heterocycles. The lowest BCUT2D eigenvalue weighted by molar-refractivity contribution is -0.123. The van der Waals surface area contributed by atoms with E-state index >= 15 is 0 Å². The summed E-state index contributed by atoms with van der Waals surface area (Å²) in [6.07, 6.45) is 1.45. The highest BCUT2D eigenvalue weighted by Crippen LogP contribution is 2.25. The topological polar surface area (TPSA) is 17.1 Å². The minimum absolute atomic E-state index is 0.215. The Morgan fingerprint density at radius 3 is 1.28 bits per heavy atom. The number of Topliss-reactive ketones (excluding diaryl/α,β-unsaturated/α-hetero) is 1. The quantitative estimate of drug-likeness (QED) is 0.333. The molecule has 3 heteroatoms. The van der Waals surface area contributed by atoms with Gasteiger partial charge in [-0.3, -0.25) is 4.79 Å². The van der Waals surface area contributed by atoms with Gasteiger partial charge in [0, 0.05) is 6.42 Å². The molecule has 0 saturated heterocycles. The summed E-state index contributed by atoms with van der Waals surface area (Å²) in [5.41, 5.74) is 6.49. The second kappa shape index (κ2) is 11.0. The van der Waals surface area contributed by atoms with Crippen molar-refractivity contribution in [2.45, 2.75) is 104 Å². The third-order valence-corrected chi connectivity index (χ3v) is 15.7. The van der Waals surface area contributed by atoms with Crippen molar-refractivity contribution >= 4 is 21.9 Å². The molecule has 25 heavy (non-hydrogen) atoms. The fourth-order valence-corrected chi connectivity index (χ4v) is 8.28. The van der Waals surface area contributed by atoms with Crippen molar-refractivity contribution < 1.29 is 4.79 Å². The molecule has 1 nitrogen and oxygen atoms in total. The first-order valence-corrected chi connectivity index (χ1v) is 15.6. The minimum Gasteiger partial charge on any atom is -0.297 e. The average Bonchev–Trinajstić information content (AvgIpc) is 2.65. The molecule has 0 N–H and O–H groups in total. The molecule has 0 bridgehead atoms. The van der Waals surface area contributed by atoms with Crippen molar-refractivity contribution in [2.75, 3.05) is 0 Å². The van der Waals surface area contributed by atoms with Gasteiger partial charge < -0.3 is 0 Å². The summed E-state index contributed by atoms with van der Waals surface area (Å²) in [5.74, 6) is 7.08. The first-order valence-electron chi connectivity index (χ1n) is 10.4. The van der Waals surface area contributed by atoms with Crippen LogP contribution in [-0.4, -0.2) is 21.9 Å². The molecule has 0 saturated carbocycles. The lowest BCUT2D eigenvalue weighted by Gasteiger charge is -2.24. The van der Waals surface area contributed by atoms with Crippen molar-refractivity contribution in [3.05, 3.63) is 0 Å². The molecule has 0 heterocycles. The molecule has 0 rings (SSSR count). The van der Waals surface area contributed by atoms with Crippen LogP contribution in [0.1, 0.15) is 68.2 Å². The summed E-state index contributed by atoms with van der Waals surface area (Å²) in [6, 6.07) is 6.98. The lowest BCUT2D eigenvalue weighted by atomic mass is 9.85. The molecule has 0 aromatic carbocycles. The molecule has 0 amide bonds. The van der Waals surface area contributed by atoms with Gasteiger partial charge in [0.2, 0.25) is 0 Å². The summed E-state index contributed by atoms with van der Waals surface area (Å²) < 4.78 is 0. The van der Waals surface area contributed by atoms with Gasteiger partial charge in [0.15, 0.2) is 5.78 Å². The second-order valence-corrected chi connectivity index (χ2v) is 17.3. The Morgan fingerprint density at radius 2 is 1.04 bits per heavy atom. The van der Waals surface area contributed by atoms with Crippen LogP contribution >= 0.6 is 0 Å². The average molecular weight is 377 g/mol. The highest BCUT2D eigenvalue weighted by Gasteiger charge is 2.32. The molecule has 0 aliphatic carbocycles. The maximum Gasteiger partial charge on any atom is 0.162 e. The van der Waals surface area contributed by atoms with Crippen LogP contribution in [0.4, 0.5) is 0 Å². The molecule has 0 aromatic rings. The van der Waals surface area contributed by atoms with Crippen molar-refractivity contribution in [2.24, 2.45) is 5.41 Å². The number of hydrogen-bond acceptors (Lipinski definition) is 1. The van der Waals surface area contributed by atoms with E-state index in [1.807, 2.05) is 6.92 Å². The van der Waals surface area contributed by atoms with E-state index in [1.165, 1.54) is 0 Å². The zero-order chi connectivity index (χ0) is 19.6. The molecule has 0 atom stereocenters. The third-order valence-electron chi connectivity index (χ3n) is 6.25. The van der Waals surface area contributed by atoms with Gasteiger partial charge in [0.1, 0.15) is 21.6 Å². The van der Waals surface area contributed by atoms with E-state index in [1.54, 1.807) is 0 Å². The number of carbonyl (C=O) groups excluding carboxylic acids is 1. The van der Waals surface area contributed by atoms with Gasteiger partial charge in [-0.1, -0.05) is 60.3 Å². The van der Waals surface area contributed by atoms with Crippen molar-refractivity contribution in [1.82, 2.24) is 0 Å². The van der Waals surface area contributed by atoms with E-state index in [0.717, 1.165) is 42.7 Å². The molecular weight excluding hydrogens is 336 g/mol. The molecule has 0 radical (unpaired) electrons. The van der Waals surface area contributed by atoms with Crippen LogP contribution in [-0.2, 0) is 4.79 Å². The van der Waals surface area contributed by atoms with Crippen molar-refractivity contribution in [3.63, 3.8) is 0 Å². The number of carbonyl (C=O) groups is 1. The maximum atomic E-state index is 12.9. The molecule has 0 fully saturated rings. The van der Waals surface area contributed by atoms with Gasteiger partial charge in [0.25, 0.3) is 0 Å². The Hall–Kier alpha value is -0.776. The van der Waals surface area contributed by atoms with E-state index in [4.69, 9.17) is 0 Å². The van der Waals surface area contributed by atoms with Crippen LogP contribution in [0.5, 0.6) is 0 Å². The monoisotopic (exact) mass is 376 g/mol. The van der Waals surface area contributed by atoms with Gasteiger partial charge in [-0.2, -0.15) is 0 Å². The van der Waals surface area contributed by atoms with Gasteiger partial charge in [0.05, 0.1) is 0 Å². The Morgan fingerprint density at radius 1 is 0.720 bits per heavy atom. The zero-order valence-corrected chi connectivity index (χ0v) is 20.1. The van der Waals surface area contributed by atoms with E-state index in [9.17, 15) is 4.79 Å². The zero-order valence-electron chi connectivity index (χ0n) is 18.1. The van der Waals surface area contributed by atoms with Crippen LogP contribution in [0.2, 0.25) is 36.3 Å². The van der Waals surface area contributed by atoms with Crippen molar-refractivity contribution in [1.29, 1.82) is 0 Å². The summed E-state index contributed by atoms with van der Waals surface area (Å²) in [7, 11) is -3.13. The van der Waals surface area contributed by atoms with Gasteiger partial charge in [-0.25, -0.2) is 0 Å². The molecular formula is C22H40OSi2. The Labute approximate surface area is 159 Å². The highest BCUT2D eigenvalue weighted by atomic mass is 28.3. The van der Waals surface area contributed by atoms with Crippen LogP contribution in [0, 0.1) is 28.3 Å². The summed E-state index contributed by atoms with van der Waals surface area (Å²) in [4.78, 5) is 12.9. The Balaban J connectivity index is 6.08. The highest BCUT2D eigenvalue weighted by molar-refractivity contribution is 6.87. The van der Waals surface area contributed by atoms with Crippen LogP contribution in [0.15, 0.2) is 0 Å². The predicted molar refractivity (Wildman–Crippen MR) is 118 cm³/mol. The smallest absolute Gasteiger partial charge is 0.162 e. The summed E-state index contributed by atoms with van der Waals surface area (Å²) in [5, 5.41) is 0. The van der Waals surface area contributed by atoms with Gasteiger partial charge in [-0.15, -0.1) is 11.1 Å². The van der Waals surface area contributed by atoms with Crippen LogP contribution in [0.3, 0.4) is 0 Å². The SMILES string of the molecule is CCCC(=O)C(C)(C#C[Si](CC)(CC)CC)C#C[Si](CC)(CC)CC. The van der Waals surface area contributed by atoms with Crippen LogP contribution < -0.4 is 0 Å². The fourth-order valence-electron chi connectivity index (χ4n) is 3.19. The number of ketones is 1. The first-order chi connectivity index (χ1) is 11.8.